The van der Waals surface area contributed by atoms with Crippen LogP contribution in [-0.4, -0.2) is 28.6 Å². The lowest BCUT2D eigenvalue weighted by molar-refractivity contribution is -0.118. The number of rotatable bonds is 3. The van der Waals surface area contributed by atoms with Gasteiger partial charge in [-0.2, -0.15) is 5.10 Å². The number of nitrogens with one attached hydrogen (secondary N) is 3. The van der Waals surface area contributed by atoms with Crippen LogP contribution < -0.4 is 15.4 Å². The first kappa shape index (κ1) is 13.2. The summed E-state index contributed by atoms with van der Waals surface area (Å²) in [4.78, 5) is 23.5. The van der Waals surface area contributed by atoms with Crippen molar-refractivity contribution in [2.24, 2.45) is 0 Å². The van der Waals surface area contributed by atoms with E-state index in [1.54, 1.807) is 30.6 Å². The van der Waals surface area contributed by atoms with E-state index < -0.39 is 0 Å². The smallest absolute Gasteiger partial charge is 0.262 e. The van der Waals surface area contributed by atoms with Crippen molar-refractivity contribution >= 4 is 17.5 Å². The fourth-order valence-corrected chi connectivity index (χ4v) is 2.09. The second-order valence-corrected chi connectivity index (χ2v) is 4.77. The Bertz CT molecular complexity index is 682. The highest BCUT2D eigenvalue weighted by Crippen LogP contribution is 2.28. The van der Waals surface area contributed by atoms with E-state index in [1.165, 1.54) is 0 Å². The molecule has 1 unspecified atom stereocenters. The highest BCUT2D eigenvalue weighted by Gasteiger charge is 2.18. The highest BCUT2D eigenvalue weighted by molar-refractivity contribution is 5.99. The van der Waals surface area contributed by atoms with Crippen LogP contribution in [0.15, 0.2) is 30.6 Å². The lowest BCUT2D eigenvalue weighted by Crippen LogP contribution is -2.28. The topological polar surface area (TPSA) is 96.1 Å². The Morgan fingerprint density at radius 1 is 1.48 bits per heavy atom. The average molecular weight is 286 g/mol. The number of H-pyrrole nitrogens is 1. The summed E-state index contributed by atoms with van der Waals surface area (Å²) in [5.74, 6) is 0.104. The number of hydrogen-bond donors (Lipinski definition) is 3. The van der Waals surface area contributed by atoms with Gasteiger partial charge in [0.1, 0.15) is 5.75 Å². The molecule has 2 amide bonds. The van der Waals surface area contributed by atoms with Gasteiger partial charge in [-0.25, -0.2) is 0 Å². The van der Waals surface area contributed by atoms with Gasteiger partial charge in [0.2, 0.25) is 0 Å². The molecule has 1 aliphatic heterocycles. The Morgan fingerprint density at radius 3 is 3.10 bits per heavy atom. The maximum atomic E-state index is 12.2. The normalized spacial score (nSPS) is 14.6. The minimum absolute atomic E-state index is 0.00390. The third kappa shape index (κ3) is 2.71. The first-order valence-corrected chi connectivity index (χ1v) is 6.50. The average Bonchev–Trinajstić information content (AvgIpc) is 3.00. The second kappa shape index (κ2) is 5.28. The number of carbonyl (C=O) groups excluding carboxylic acids is 2. The highest BCUT2D eigenvalue weighted by atomic mass is 16.5. The summed E-state index contributed by atoms with van der Waals surface area (Å²) in [7, 11) is 0. The standard InChI is InChI=1S/C14H14N4O3/c1-8(10-5-15-16-6-10)17-14(20)9-2-3-12-11(4-9)18-13(19)7-21-12/h2-6,8H,7H2,1H3,(H,15,16)(H,17,20)(H,18,19). The third-order valence-electron chi connectivity index (χ3n) is 3.24. The van der Waals surface area contributed by atoms with Crippen molar-refractivity contribution in [3.63, 3.8) is 0 Å². The summed E-state index contributed by atoms with van der Waals surface area (Å²) in [6.07, 6.45) is 3.39. The van der Waals surface area contributed by atoms with Gasteiger partial charge >= 0.3 is 0 Å². The van der Waals surface area contributed by atoms with Gasteiger partial charge in [-0.05, 0) is 25.1 Å². The zero-order valence-electron chi connectivity index (χ0n) is 11.3. The molecule has 0 radical (unpaired) electrons. The first-order chi connectivity index (χ1) is 10.1. The Balaban J connectivity index is 1.76. The molecule has 3 rings (SSSR count). The fourth-order valence-electron chi connectivity index (χ4n) is 2.09. The summed E-state index contributed by atoms with van der Waals surface area (Å²) >= 11 is 0. The molecule has 0 aliphatic carbocycles. The third-order valence-corrected chi connectivity index (χ3v) is 3.24. The van der Waals surface area contributed by atoms with Crippen LogP contribution in [0.3, 0.4) is 0 Å². The van der Waals surface area contributed by atoms with E-state index in [4.69, 9.17) is 4.74 Å². The van der Waals surface area contributed by atoms with E-state index in [1.807, 2.05) is 6.92 Å². The molecular weight excluding hydrogens is 272 g/mol. The number of anilines is 1. The van der Waals surface area contributed by atoms with Crippen molar-refractivity contribution in [1.29, 1.82) is 0 Å². The SMILES string of the molecule is CC(NC(=O)c1ccc2c(c1)NC(=O)CO2)c1cn[nH]c1. The second-order valence-electron chi connectivity index (χ2n) is 4.77. The van der Waals surface area contributed by atoms with Crippen LogP contribution in [0.5, 0.6) is 5.75 Å². The predicted octanol–water partition coefficient (Wildman–Crippen LogP) is 1.23. The molecule has 1 aromatic heterocycles. The molecule has 0 bridgehead atoms. The summed E-state index contributed by atoms with van der Waals surface area (Å²) in [5, 5.41) is 12.1. The Kier molecular flexibility index (Phi) is 3.31. The summed E-state index contributed by atoms with van der Waals surface area (Å²) in [5.41, 5.74) is 1.85. The molecule has 7 nitrogen and oxygen atoms in total. The van der Waals surface area contributed by atoms with E-state index in [2.05, 4.69) is 20.8 Å². The van der Waals surface area contributed by atoms with Gasteiger partial charge in [0.15, 0.2) is 6.61 Å². The van der Waals surface area contributed by atoms with Crippen molar-refractivity contribution in [2.75, 3.05) is 11.9 Å². The largest absolute Gasteiger partial charge is 0.482 e. The van der Waals surface area contributed by atoms with Crippen LogP contribution in [0.25, 0.3) is 0 Å². The number of amides is 2. The van der Waals surface area contributed by atoms with E-state index in [9.17, 15) is 9.59 Å². The van der Waals surface area contributed by atoms with Crippen molar-refractivity contribution in [3.05, 3.63) is 41.7 Å². The van der Waals surface area contributed by atoms with Crippen LogP contribution in [0.2, 0.25) is 0 Å². The maximum absolute atomic E-state index is 12.2. The summed E-state index contributed by atoms with van der Waals surface area (Å²) in [6, 6.07) is 4.77. The Morgan fingerprint density at radius 2 is 2.33 bits per heavy atom. The molecule has 2 heterocycles. The molecule has 1 aliphatic rings. The number of fused-ring (bicyclic) bond motifs is 1. The van der Waals surface area contributed by atoms with Crippen molar-refractivity contribution < 1.29 is 14.3 Å². The molecule has 21 heavy (non-hydrogen) atoms. The summed E-state index contributed by atoms with van der Waals surface area (Å²) < 4.78 is 5.25. The van der Waals surface area contributed by atoms with Crippen LogP contribution in [-0.2, 0) is 4.79 Å². The van der Waals surface area contributed by atoms with Crippen molar-refractivity contribution in [2.45, 2.75) is 13.0 Å². The fraction of sp³-hybridized carbons (Fsp3) is 0.214. The van der Waals surface area contributed by atoms with Crippen LogP contribution in [0.4, 0.5) is 5.69 Å². The predicted molar refractivity (Wildman–Crippen MR) is 75.0 cm³/mol. The first-order valence-electron chi connectivity index (χ1n) is 6.50. The van der Waals surface area contributed by atoms with Crippen LogP contribution in [0.1, 0.15) is 28.9 Å². The number of aromatic nitrogens is 2. The van der Waals surface area contributed by atoms with Crippen LogP contribution >= 0.6 is 0 Å². The quantitative estimate of drug-likeness (QED) is 0.790. The van der Waals surface area contributed by atoms with Gasteiger partial charge in [0.25, 0.3) is 11.8 Å². The number of benzene rings is 1. The molecule has 1 atom stereocenters. The van der Waals surface area contributed by atoms with E-state index in [0.29, 0.717) is 17.0 Å². The summed E-state index contributed by atoms with van der Waals surface area (Å²) in [6.45, 7) is 1.86. The van der Waals surface area contributed by atoms with E-state index in [0.717, 1.165) is 5.56 Å². The van der Waals surface area contributed by atoms with Gasteiger partial charge in [-0.3, -0.25) is 14.7 Å². The molecule has 3 N–H and O–H groups in total. The minimum atomic E-state index is -0.230. The number of hydrogen-bond acceptors (Lipinski definition) is 4. The zero-order valence-corrected chi connectivity index (χ0v) is 11.3. The molecule has 0 spiro atoms. The van der Waals surface area contributed by atoms with E-state index in [-0.39, 0.29) is 24.5 Å². The van der Waals surface area contributed by atoms with E-state index >= 15 is 0 Å². The monoisotopic (exact) mass is 286 g/mol. The van der Waals surface area contributed by atoms with Gasteiger partial charge < -0.3 is 15.4 Å². The van der Waals surface area contributed by atoms with Gasteiger partial charge in [0, 0.05) is 17.3 Å². The molecular formula is C14H14N4O3. The number of aromatic amines is 1. The Hall–Kier alpha value is -2.83. The lowest BCUT2D eigenvalue weighted by Gasteiger charge is -2.19. The number of carbonyl (C=O) groups is 2. The molecule has 0 saturated heterocycles. The van der Waals surface area contributed by atoms with Gasteiger partial charge in [-0.15, -0.1) is 0 Å². The Labute approximate surface area is 120 Å². The van der Waals surface area contributed by atoms with Gasteiger partial charge in [0.05, 0.1) is 17.9 Å². The molecule has 0 fully saturated rings. The molecule has 7 heteroatoms. The number of ether oxygens (including phenoxy) is 1. The molecule has 108 valence electrons. The molecule has 0 saturated carbocycles. The molecule has 1 aromatic carbocycles. The molecule has 2 aromatic rings. The lowest BCUT2D eigenvalue weighted by atomic mass is 10.1. The van der Waals surface area contributed by atoms with Crippen molar-refractivity contribution in [1.82, 2.24) is 15.5 Å². The minimum Gasteiger partial charge on any atom is -0.482 e. The number of nitrogens with zero attached hydrogens (tertiary/aromatic N) is 1. The zero-order chi connectivity index (χ0) is 14.8. The van der Waals surface area contributed by atoms with Crippen molar-refractivity contribution in [3.8, 4) is 5.75 Å². The van der Waals surface area contributed by atoms with Gasteiger partial charge in [-0.1, -0.05) is 0 Å². The maximum Gasteiger partial charge on any atom is 0.262 e. The van der Waals surface area contributed by atoms with Crippen LogP contribution in [0, 0.1) is 0 Å².